The van der Waals surface area contributed by atoms with Crippen LogP contribution in [-0.4, -0.2) is 17.1 Å². The van der Waals surface area contributed by atoms with E-state index in [-0.39, 0.29) is 5.28 Å². The molecule has 2 aromatic carbocycles. The Morgan fingerprint density at radius 3 is 2.68 bits per heavy atom. The first-order chi connectivity index (χ1) is 9.28. The van der Waals surface area contributed by atoms with Crippen LogP contribution in [0.2, 0.25) is 5.28 Å². The van der Waals surface area contributed by atoms with E-state index >= 15 is 0 Å². The van der Waals surface area contributed by atoms with Crippen LogP contribution in [0.3, 0.4) is 0 Å². The van der Waals surface area contributed by atoms with Crippen molar-refractivity contribution >= 4 is 22.5 Å². The zero-order chi connectivity index (χ0) is 13.2. The standard InChI is InChI=1S/C15H11ClN2O/c1-19-11-6-4-5-10(9-11)14-12-7-2-3-8-13(12)17-15(16)18-14/h2-9H,1H3. The Labute approximate surface area is 115 Å². The Bertz CT molecular complexity index is 743. The van der Waals surface area contributed by atoms with Crippen LogP contribution in [0.15, 0.2) is 48.5 Å². The van der Waals surface area contributed by atoms with Crippen LogP contribution in [-0.2, 0) is 0 Å². The average molecular weight is 271 g/mol. The highest BCUT2D eigenvalue weighted by atomic mass is 35.5. The smallest absolute Gasteiger partial charge is 0.223 e. The summed E-state index contributed by atoms with van der Waals surface area (Å²) in [6.45, 7) is 0. The van der Waals surface area contributed by atoms with Crippen LogP contribution in [0.5, 0.6) is 5.75 Å². The van der Waals surface area contributed by atoms with Gasteiger partial charge in [0.15, 0.2) is 0 Å². The molecule has 0 aliphatic heterocycles. The molecule has 3 rings (SSSR count). The highest BCUT2D eigenvalue weighted by Gasteiger charge is 2.09. The van der Waals surface area contributed by atoms with Gasteiger partial charge in [0.2, 0.25) is 5.28 Å². The van der Waals surface area contributed by atoms with Crippen LogP contribution >= 0.6 is 11.6 Å². The predicted molar refractivity (Wildman–Crippen MR) is 76.5 cm³/mol. The molecule has 19 heavy (non-hydrogen) atoms. The van der Waals surface area contributed by atoms with Crippen LogP contribution in [0.4, 0.5) is 0 Å². The number of rotatable bonds is 2. The van der Waals surface area contributed by atoms with E-state index in [1.165, 1.54) is 0 Å². The second-order valence-corrected chi connectivity index (χ2v) is 4.43. The summed E-state index contributed by atoms with van der Waals surface area (Å²) in [5.41, 5.74) is 2.61. The third-order valence-electron chi connectivity index (χ3n) is 2.92. The third-order valence-corrected chi connectivity index (χ3v) is 3.09. The number of benzene rings is 2. The number of ether oxygens (including phenoxy) is 1. The van der Waals surface area contributed by atoms with Crippen molar-refractivity contribution in [2.75, 3.05) is 7.11 Å². The molecule has 1 aromatic heterocycles. The van der Waals surface area contributed by atoms with Crippen molar-refractivity contribution in [3.63, 3.8) is 0 Å². The lowest BCUT2D eigenvalue weighted by molar-refractivity contribution is 0.415. The van der Waals surface area contributed by atoms with Gasteiger partial charge >= 0.3 is 0 Å². The molecule has 3 nitrogen and oxygen atoms in total. The van der Waals surface area contributed by atoms with E-state index in [0.717, 1.165) is 27.9 Å². The first-order valence-corrected chi connectivity index (χ1v) is 6.22. The Morgan fingerprint density at radius 2 is 1.84 bits per heavy atom. The van der Waals surface area contributed by atoms with Crippen molar-refractivity contribution in [1.29, 1.82) is 0 Å². The van der Waals surface area contributed by atoms with Crippen molar-refractivity contribution < 1.29 is 4.74 Å². The molecule has 0 radical (unpaired) electrons. The second-order valence-electron chi connectivity index (χ2n) is 4.09. The molecule has 4 heteroatoms. The molecule has 0 bridgehead atoms. The molecule has 0 saturated carbocycles. The Hall–Kier alpha value is -2.13. The number of hydrogen-bond acceptors (Lipinski definition) is 3. The van der Waals surface area contributed by atoms with Gasteiger partial charge in [-0.05, 0) is 29.8 Å². The van der Waals surface area contributed by atoms with Gasteiger partial charge in [0, 0.05) is 10.9 Å². The summed E-state index contributed by atoms with van der Waals surface area (Å²) in [7, 11) is 1.64. The lowest BCUT2D eigenvalue weighted by Crippen LogP contribution is -1.91. The summed E-state index contributed by atoms with van der Waals surface area (Å²) in [6, 6.07) is 15.5. The topological polar surface area (TPSA) is 35.0 Å². The van der Waals surface area contributed by atoms with Crippen molar-refractivity contribution in [1.82, 2.24) is 9.97 Å². The molecule has 0 N–H and O–H groups in total. The molecule has 0 atom stereocenters. The molecule has 0 aliphatic carbocycles. The number of para-hydroxylation sites is 1. The van der Waals surface area contributed by atoms with E-state index in [1.54, 1.807) is 7.11 Å². The lowest BCUT2D eigenvalue weighted by atomic mass is 10.1. The van der Waals surface area contributed by atoms with Crippen molar-refractivity contribution in [2.45, 2.75) is 0 Å². The molecule has 0 fully saturated rings. The zero-order valence-electron chi connectivity index (χ0n) is 10.3. The number of halogens is 1. The Morgan fingerprint density at radius 1 is 1.00 bits per heavy atom. The first kappa shape index (κ1) is 11.9. The molecular formula is C15H11ClN2O. The van der Waals surface area contributed by atoms with Gasteiger partial charge in [-0.1, -0.05) is 30.3 Å². The molecule has 0 saturated heterocycles. The summed E-state index contributed by atoms with van der Waals surface area (Å²) >= 11 is 5.99. The largest absolute Gasteiger partial charge is 0.497 e. The predicted octanol–water partition coefficient (Wildman–Crippen LogP) is 3.96. The fraction of sp³-hybridized carbons (Fsp3) is 0.0667. The van der Waals surface area contributed by atoms with Gasteiger partial charge in [-0.15, -0.1) is 0 Å². The molecule has 0 aliphatic rings. The Kier molecular flexibility index (Phi) is 3.05. The fourth-order valence-electron chi connectivity index (χ4n) is 2.04. The zero-order valence-corrected chi connectivity index (χ0v) is 11.1. The van der Waals surface area contributed by atoms with Crippen molar-refractivity contribution in [3.8, 4) is 17.0 Å². The summed E-state index contributed by atoms with van der Waals surface area (Å²) < 4.78 is 5.24. The second kappa shape index (κ2) is 4.86. The van der Waals surface area contributed by atoms with E-state index < -0.39 is 0 Å². The van der Waals surface area contributed by atoms with E-state index in [9.17, 15) is 0 Å². The molecular weight excluding hydrogens is 260 g/mol. The molecule has 0 spiro atoms. The van der Waals surface area contributed by atoms with E-state index in [2.05, 4.69) is 9.97 Å². The van der Waals surface area contributed by atoms with Gasteiger partial charge in [0.1, 0.15) is 5.75 Å². The maximum atomic E-state index is 5.99. The molecule has 94 valence electrons. The maximum Gasteiger partial charge on any atom is 0.223 e. The summed E-state index contributed by atoms with van der Waals surface area (Å²) in [6.07, 6.45) is 0. The minimum atomic E-state index is 0.247. The van der Waals surface area contributed by atoms with Gasteiger partial charge in [-0.3, -0.25) is 0 Å². The highest BCUT2D eigenvalue weighted by Crippen LogP contribution is 2.29. The van der Waals surface area contributed by atoms with Crippen molar-refractivity contribution in [2.24, 2.45) is 0 Å². The summed E-state index contributed by atoms with van der Waals surface area (Å²) in [5, 5.41) is 1.22. The minimum Gasteiger partial charge on any atom is -0.497 e. The van der Waals surface area contributed by atoms with Gasteiger partial charge in [-0.25, -0.2) is 9.97 Å². The number of methoxy groups -OCH3 is 1. The highest BCUT2D eigenvalue weighted by molar-refractivity contribution is 6.28. The van der Waals surface area contributed by atoms with Gasteiger partial charge in [-0.2, -0.15) is 0 Å². The molecule has 1 heterocycles. The lowest BCUT2D eigenvalue weighted by Gasteiger charge is -2.07. The van der Waals surface area contributed by atoms with Crippen LogP contribution < -0.4 is 4.74 Å². The molecule has 0 amide bonds. The number of aromatic nitrogens is 2. The molecule has 0 unspecified atom stereocenters. The summed E-state index contributed by atoms with van der Waals surface area (Å²) in [4.78, 5) is 8.57. The van der Waals surface area contributed by atoms with E-state index in [0.29, 0.717) is 0 Å². The van der Waals surface area contributed by atoms with Crippen LogP contribution in [0.1, 0.15) is 0 Å². The minimum absolute atomic E-state index is 0.247. The fourth-order valence-corrected chi connectivity index (χ4v) is 2.21. The van der Waals surface area contributed by atoms with Gasteiger partial charge in [0.25, 0.3) is 0 Å². The van der Waals surface area contributed by atoms with Crippen molar-refractivity contribution in [3.05, 3.63) is 53.8 Å². The normalized spacial score (nSPS) is 10.6. The summed E-state index contributed by atoms with van der Waals surface area (Å²) in [5.74, 6) is 0.788. The maximum absolute atomic E-state index is 5.99. The van der Waals surface area contributed by atoms with Gasteiger partial charge < -0.3 is 4.74 Å². The number of nitrogens with zero attached hydrogens (tertiary/aromatic N) is 2. The van der Waals surface area contributed by atoms with E-state index in [1.807, 2.05) is 48.5 Å². The van der Waals surface area contributed by atoms with Gasteiger partial charge in [0.05, 0.1) is 18.3 Å². The average Bonchev–Trinajstić information content (AvgIpc) is 2.46. The number of hydrogen-bond donors (Lipinski definition) is 0. The quantitative estimate of drug-likeness (QED) is 0.661. The Balaban J connectivity index is 2.29. The van der Waals surface area contributed by atoms with Crippen LogP contribution in [0.25, 0.3) is 22.2 Å². The number of fused-ring (bicyclic) bond motifs is 1. The SMILES string of the molecule is COc1cccc(-c2nc(Cl)nc3ccccc23)c1. The van der Waals surface area contributed by atoms with E-state index in [4.69, 9.17) is 16.3 Å². The third kappa shape index (κ3) is 2.25. The van der Waals surface area contributed by atoms with Crippen LogP contribution in [0, 0.1) is 0 Å². The molecule has 3 aromatic rings. The first-order valence-electron chi connectivity index (χ1n) is 5.84. The monoisotopic (exact) mass is 270 g/mol.